The normalized spacial score (nSPS) is 11.8. The van der Waals surface area contributed by atoms with Gasteiger partial charge in [0.25, 0.3) is 0 Å². The summed E-state index contributed by atoms with van der Waals surface area (Å²) in [6, 6.07) is 13.0. The lowest BCUT2D eigenvalue weighted by atomic mass is 9.97. The van der Waals surface area contributed by atoms with Gasteiger partial charge in [0.1, 0.15) is 5.82 Å². The molecule has 0 aliphatic rings. The van der Waals surface area contributed by atoms with E-state index in [2.05, 4.69) is 10.3 Å². The van der Waals surface area contributed by atoms with Gasteiger partial charge in [0.2, 0.25) is 5.91 Å². The van der Waals surface area contributed by atoms with E-state index in [0.717, 1.165) is 11.3 Å². The Morgan fingerprint density at radius 2 is 2.00 bits per heavy atom. The first-order valence-electron chi connectivity index (χ1n) is 6.21. The van der Waals surface area contributed by atoms with Crippen LogP contribution in [-0.2, 0) is 4.79 Å². The number of nitrogen functional groups attached to an aromatic ring is 1. The summed E-state index contributed by atoms with van der Waals surface area (Å²) in [5.74, 6) is 0.685. The highest BCUT2D eigenvalue weighted by Gasteiger charge is 2.11. The van der Waals surface area contributed by atoms with E-state index in [4.69, 9.17) is 5.73 Å². The Labute approximate surface area is 112 Å². The number of benzene rings is 1. The Bertz CT molecular complexity index is 537. The van der Waals surface area contributed by atoms with Gasteiger partial charge in [-0.2, -0.15) is 0 Å². The molecule has 2 aromatic rings. The molecule has 0 bridgehead atoms. The summed E-state index contributed by atoms with van der Waals surface area (Å²) in [7, 11) is 0. The third kappa shape index (κ3) is 3.81. The van der Waals surface area contributed by atoms with Crippen LogP contribution in [0.4, 0.5) is 11.5 Å². The van der Waals surface area contributed by atoms with E-state index in [0.29, 0.717) is 12.2 Å². The van der Waals surface area contributed by atoms with E-state index >= 15 is 0 Å². The highest BCUT2D eigenvalue weighted by atomic mass is 16.1. The minimum absolute atomic E-state index is 0.0389. The molecule has 1 amide bonds. The number of hydrogen-bond donors (Lipinski definition) is 2. The van der Waals surface area contributed by atoms with Crippen molar-refractivity contribution in [2.75, 3.05) is 11.1 Å². The van der Waals surface area contributed by atoms with Crippen molar-refractivity contribution in [2.45, 2.75) is 19.3 Å². The Balaban J connectivity index is 1.93. The summed E-state index contributed by atoms with van der Waals surface area (Å²) in [6.45, 7) is 2.02. The molecular weight excluding hydrogens is 238 g/mol. The first kappa shape index (κ1) is 13.1. The molecule has 0 aliphatic carbocycles. The van der Waals surface area contributed by atoms with Gasteiger partial charge in [-0.15, -0.1) is 0 Å². The van der Waals surface area contributed by atoms with E-state index in [1.54, 1.807) is 12.3 Å². The van der Waals surface area contributed by atoms with Crippen molar-refractivity contribution < 1.29 is 4.79 Å². The molecule has 0 saturated heterocycles. The van der Waals surface area contributed by atoms with Crippen LogP contribution >= 0.6 is 0 Å². The summed E-state index contributed by atoms with van der Waals surface area (Å²) >= 11 is 0. The maximum absolute atomic E-state index is 11.9. The zero-order valence-electron chi connectivity index (χ0n) is 10.8. The molecule has 0 fully saturated rings. The monoisotopic (exact) mass is 255 g/mol. The molecule has 1 aromatic carbocycles. The Morgan fingerprint density at radius 3 is 2.63 bits per heavy atom. The molecule has 1 heterocycles. The first-order valence-corrected chi connectivity index (χ1v) is 6.21. The predicted molar refractivity (Wildman–Crippen MR) is 76.8 cm³/mol. The predicted octanol–water partition coefficient (Wildman–Crippen LogP) is 2.80. The number of nitrogens with one attached hydrogen (secondary N) is 1. The molecule has 4 nitrogen and oxygen atoms in total. The molecule has 0 saturated carbocycles. The highest BCUT2D eigenvalue weighted by molar-refractivity contribution is 5.90. The molecule has 2 rings (SSSR count). The largest absolute Gasteiger partial charge is 0.399 e. The minimum atomic E-state index is -0.0389. The van der Waals surface area contributed by atoms with Crippen molar-refractivity contribution >= 4 is 17.4 Å². The maximum Gasteiger partial charge on any atom is 0.226 e. The van der Waals surface area contributed by atoms with Gasteiger partial charge in [0.15, 0.2) is 0 Å². The third-order valence-electron chi connectivity index (χ3n) is 2.93. The van der Waals surface area contributed by atoms with Crippen LogP contribution in [0.1, 0.15) is 24.8 Å². The molecule has 1 unspecified atom stereocenters. The number of anilines is 2. The zero-order valence-corrected chi connectivity index (χ0v) is 10.8. The Hall–Kier alpha value is -2.36. The van der Waals surface area contributed by atoms with Gasteiger partial charge in [0.05, 0.1) is 0 Å². The summed E-state index contributed by atoms with van der Waals surface area (Å²) < 4.78 is 0. The van der Waals surface area contributed by atoms with Crippen LogP contribution in [0.5, 0.6) is 0 Å². The molecule has 1 aromatic heterocycles. The van der Waals surface area contributed by atoms with Crippen molar-refractivity contribution in [1.82, 2.24) is 4.98 Å². The van der Waals surface area contributed by atoms with E-state index in [-0.39, 0.29) is 11.8 Å². The van der Waals surface area contributed by atoms with Crippen LogP contribution in [-0.4, -0.2) is 10.9 Å². The summed E-state index contributed by atoms with van der Waals surface area (Å²) in [5.41, 5.74) is 7.48. The molecular formula is C15H17N3O. The minimum Gasteiger partial charge on any atom is -0.399 e. The Kier molecular flexibility index (Phi) is 4.13. The number of aromatic nitrogens is 1. The topological polar surface area (TPSA) is 68.0 Å². The van der Waals surface area contributed by atoms with Gasteiger partial charge in [0, 0.05) is 18.3 Å². The molecule has 3 N–H and O–H groups in total. The zero-order chi connectivity index (χ0) is 13.7. The van der Waals surface area contributed by atoms with Gasteiger partial charge < -0.3 is 11.1 Å². The first-order chi connectivity index (χ1) is 9.15. The van der Waals surface area contributed by atoms with Gasteiger partial charge in [-0.05, 0) is 35.7 Å². The van der Waals surface area contributed by atoms with E-state index in [1.165, 1.54) is 0 Å². The van der Waals surface area contributed by atoms with Crippen LogP contribution in [0.3, 0.4) is 0 Å². The summed E-state index contributed by atoms with van der Waals surface area (Å²) in [5, 5.41) is 2.78. The SMILES string of the molecule is CC(CC(=O)Nc1ccccn1)c1ccc(N)cc1. The average Bonchev–Trinajstić information content (AvgIpc) is 2.40. The molecule has 1 atom stereocenters. The van der Waals surface area contributed by atoms with E-state index in [1.807, 2.05) is 43.3 Å². The highest BCUT2D eigenvalue weighted by Crippen LogP contribution is 2.20. The average molecular weight is 255 g/mol. The quantitative estimate of drug-likeness (QED) is 0.825. The molecule has 0 spiro atoms. The second-order valence-corrected chi connectivity index (χ2v) is 4.53. The Morgan fingerprint density at radius 1 is 1.26 bits per heavy atom. The lowest BCUT2D eigenvalue weighted by Crippen LogP contribution is -2.15. The number of carbonyl (C=O) groups is 1. The smallest absolute Gasteiger partial charge is 0.226 e. The number of carbonyl (C=O) groups excluding carboxylic acids is 1. The maximum atomic E-state index is 11.9. The van der Waals surface area contributed by atoms with Crippen LogP contribution < -0.4 is 11.1 Å². The fourth-order valence-electron chi connectivity index (χ4n) is 1.85. The number of hydrogen-bond acceptors (Lipinski definition) is 3. The lowest BCUT2D eigenvalue weighted by molar-refractivity contribution is -0.116. The molecule has 0 radical (unpaired) electrons. The van der Waals surface area contributed by atoms with Gasteiger partial charge >= 0.3 is 0 Å². The number of rotatable bonds is 4. The van der Waals surface area contributed by atoms with Crippen LogP contribution in [0.2, 0.25) is 0 Å². The summed E-state index contributed by atoms with van der Waals surface area (Å²) in [6.07, 6.45) is 2.07. The number of nitrogens with two attached hydrogens (primary N) is 1. The fraction of sp³-hybridized carbons (Fsp3) is 0.200. The fourth-order valence-corrected chi connectivity index (χ4v) is 1.85. The number of nitrogens with zero attached hydrogens (tertiary/aromatic N) is 1. The van der Waals surface area contributed by atoms with Crippen molar-refractivity contribution in [3.63, 3.8) is 0 Å². The van der Waals surface area contributed by atoms with Crippen LogP contribution in [0.15, 0.2) is 48.7 Å². The molecule has 0 aliphatic heterocycles. The standard InChI is InChI=1S/C15H17N3O/c1-11(12-5-7-13(16)8-6-12)10-15(19)18-14-4-2-3-9-17-14/h2-9,11H,10,16H2,1H3,(H,17,18,19). The van der Waals surface area contributed by atoms with Crippen molar-refractivity contribution in [3.05, 3.63) is 54.2 Å². The summed E-state index contributed by atoms with van der Waals surface area (Å²) in [4.78, 5) is 15.9. The van der Waals surface area contributed by atoms with Gasteiger partial charge in [-0.1, -0.05) is 25.1 Å². The molecule has 4 heteroatoms. The van der Waals surface area contributed by atoms with Crippen molar-refractivity contribution in [1.29, 1.82) is 0 Å². The van der Waals surface area contributed by atoms with Gasteiger partial charge in [-0.25, -0.2) is 4.98 Å². The van der Waals surface area contributed by atoms with Crippen molar-refractivity contribution in [3.8, 4) is 0 Å². The third-order valence-corrected chi connectivity index (χ3v) is 2.93. The van der Waals surface area contributed by atoms with Crippen molar-refractivity contribution in [2.24, 2.45) is 0 Å². The van der Waals surface area contributed by atoms with Crippen LogP contribution in [0.25, 0.3) is 0 Å². The van der Waals surface area contributed by atoms with Gasteiger partial charge in [-0.3, -0.25) is 4.79 Å². The van der Waals surface area contributed by atoms with E-state index < -0.39 is 0 Å². The van der Waals surface area contributed by atoms with E-state index in [9.17, 15) is 4.79 Å². The molecule has 98 valence electrons. The number of pyridine rings is 1. The lowest BCUT2D eigenvalue weighted by Gasteiger charge is -2.12. The second-order valence-electron chi connectivity index (χ2n) is 4.53. The molecule has 19 heavy (non-hydrogen) atoms. The van der Waals surface area contributed by atoms with Crippen LogP contribution in [0, 0.1) is 0 Å². The number of amides is 1. The second kappa shape index (κ2) is 6.00.